The number of thiol groups is 1. The van der Waals surface area contributed by atoms with Gasteiger partial charge < -0.3 is 11.5 Å². The highest BCUT2D eigenvalue weighted by Gasteiger charge is 2.07. The molecule has 0 atom stereocenters. The van der Waals surface area contributed by atoms with Gasteiger partial charge in [0.2, 0.25) is 0 Å². The van der Waals surface area contributed by atoms with E-state index in [2.05, 4.69) is 12.6 Å². The first-order valence-electron chi connectivity index (χ1n) is 4.72. The molecule has 0 saturated carbocycles. The second-order valence-corrected chi connectivity index (χ2v) is 4.46. The first kappa shape index (κ1) is 11.2. The fraction of sp³-hybridized carbons (Fsp3) is 0. The maximum absolute atomic E-state index is 5.97. The van der Waals surface area contributed by atoms with Gasteiger partial charge in [0, 0.05) is 26.9 Å². The van der Waals surface area contributed by atoms with E-state index in [1.54, 1.807) is 6.07 Å². The first-order valence-corrected chi connectivity index (χ1v) is 5.54. The fourth-order valence-electron chi connectivity index (χ4n) is 1.64. The molecule has 0 radical (unpaired) electrons. The Labute approximate surface area is 105 Å². The van der Waals surface area contributed by atoms with Crippen molar-refractivity contribution in [3.8, 4) is 11.1 Å². The second kappa shape index (κ2) is 4.28. The second-order valence-electron chi connectivity index (χ2n) is 3.51. The minimum atomic E-state index is 0.616. The van der Waals surface area contributed by atoms with Gasteiger partial charge in [-0.1, -0.05) is 17.7 Å². The molecule has 2 rings (SSSR count). The van der Waals surface area contributed by atoms with Gasteiger partial charge in [-0.15, -0.1) is 12.6 Å². The highest BCUT2D eigenvalue weighted by Crippen LogP contribution is 2.34. The number of halogens is 1. The van der Waals surface area contributed by atoms with Gasteiger partial charge >= 0.3 is 0 Å². The summed E-state index contributed by atoms with van der Waals surface area (Å²) in [5.74, 6) is 0. The Hall–Kier alpha value is -1.32. The van der Waals surface area contributed by atoms with Crippen molar-refractivity contribution in [3.63, 3.8) is 0 Å². The van der Waals surface area contributed by atoms with Crippen molar-refractivity contribution in [2.45, 2.75) is 4.90 Å². The third-order valence-electron chi connectivity index (χ3n) is 2.30. The van der Waals surface area contributed by atoms with E-state index < -0.39 is 0 Å². The molecule has 0 amide bonds. The molecule has 4 N–H and O–H groups in total. The summed E-state index contributed by atoms with van der Waals surface area (Å²) in [6.45, 7) is 0. The maximum Gasteiger partial charge on any atom is 0.0423 e. The third-order valence-corrected chi connectivity index (χ3v) is 2.78. The van der Waals surface area contributed by atoms with Gasteiger partial charge in [0.05, 0.1) is 0 Å². The van der Waals surface area contributed by atoms with Crippen LogP contribution in [0, 0.1) is 0 Å². The lowest BCUT2D eigenvalue weighted by atomic mass is 10.0. The van der Waals surface area contributed by atoms with E-state index in [1.165, 1.54) is 0 Å². The van der Waals surface area contributed by atoms with Crippen molar-refractivity contribution in [2.24, 2.45) is 0 Å². The van der Waals surface area contributed by atoms with Crippen molar-refractivity contribution >= 4 is 35.6 Å². The van der Waals surface area contributed by atoms with Crippen LogP contribution in [0.1, 0.15) is 0 Å². The molecule has 2 aromatic carbocycles. The molecular weight excluding hydrogens is 240 g/mol. The Morgan fingerprint density at radius 3 is 2.19 bits per heavy atom. The average Bonchev–Trinajstić information content (AvgIpc) is 2.15. The highest BCUT2D eigenvalue weighted by molar-refractivity contribution is 7.80. The molecule has 0 aliphatic rings. The predicted octanol–water partition coefficient (Wildman–Crippen LogP) is 3.46. The van der Waals surface area contributed by atoms with Crippen LogP contribution >= 0.6 is 24.2 Å². The van der Waals surface area contributed by atoms with E-state index in [0.717, 1.165) is 16.0 Å². The van der Waals surface area contributed by atoms with Crippen LogP contribution < -0.4 is 11.5 Å². The molecule has 0 unspecified atom stereocenters. The Balaban J connectivity index is 2.67. The number of rotatable bonds is 1. The summed E-state index contributed by atoms with van der Waals surface area (Å²) >= 11 is 10.3. The van der Waals surface area contributed by atoms with Crippen LogP contribution in [0.2, 0.25) is 5.02 Å². The van der Waals surface area contributed by atoms with Gasteiger partial charge in [-0.2, -0.15) is 0 Å². The largest absolute Gasteiger partial charge is 0.398 e. The molecule has 82 valence electrons. The summed E-state index contributed by atoms with van der Waals surface area (Å²) in [7, 11) is 0. The SMILES string of the molecule is Nc1cccc(N)c1-c1cc(S)cc(Cl)c1. The van der Waals surface area contributed by atoms with E-state index in [1.807, 2.05) is 30.3 Å². The molecule has 4 heteroatoms. The molecular formula is C12H11ClN2S. The lowest BCUT2D eigenvalue weighted by molar-refractivity contribution is 1.47. The standard InChI is InChI=1S/C12H11ClN2S/c13-8-4-7(5-9(16)6-8)12-10(14)2-1-3-11(12)15/h1-6,16H,14-15H2. The van der Waals surface area contributed by atoms with Gasteiger partial charge in [0.15, 0.2) is 0 Å². The molecule has 0 saturated heterocycles. The average molecular weight is 251 g/mol. The van der Waals surface area contributed by atoms with Crippen LogP contribution in [0.5, 0.6) is 0 Å². The minimum Gasteiger partial charge on any atom is -0.398 e. The van der Waals surface area contributed by atoms with Crippen molar-refractivity contribution in [1.29, 1.82) is 0 Å². The first-order chi connectivity index (χ1) is 7.58. The summed E-state index contributed by atoms with van der Waals surface area (Å²) < 4.78 is 0. The van der Waals surface area contributed by atoms with Crippen molar-refractivity contribution < 1.29 is 0 Å². The summed E-state index contributed by atoms with van der Waals surface area (Å²) in [5.41, 5.74) is 14.8. The highest BCUT2D eigenvalue weighted by atomic mass is 35.5. The summed E-state index contributed by atoms with van der Waals surface area (Å²) in [4.78, 5) is 0.783. The number of nitrogens with two attached hydrogens (primary N) is 2. The number of hydrogen-bond acceptors (Lipinski definition) is 3. The molecule has 2 aromatic rings. The van der Waals surface area contributed by atoms with Crippen LogP contribution in [0.15, 0.2) is 41.3 Å². The topological polar surface area (TPSA) is 52.0 Å². The lowest BCUT2D eigenvalue weighted by Gasteiger charge is -2.10. The normalized spacial score (nSPS) is 10.4. The van der Waals surface area contributed by atoms with Crippen molar-refractivity contribution in [2.75, 3.05) is 11.5 Å². The maximum atomic E-state index is 5.97. The van der Waals surface area contributed by atoms with Crippen LogP contribution in [0.3, 0.4) is 0 Å². The Morgan fingerprint density at radius 1 is 1.00 bits per heavy atom. The molecule has 0 fully saturated rings. The van der Waals surface area contributed by atoms with E-state index in [-0.39, 0.29) is 0 Å². The van der Waals surface area contributed by atoms with Crippen LogP contribution in [-0.2, 0) is 0 Å². The van der Waals surface area contributed by atoms with E-state index in [0.29, 0.717) is 16.4 Å². The molecule has 0 heterocycles. The predicted molar refractivity (Wildman–Crippen MR) is 73.0 cm³/mol. The van der Waals surface area contributed by atoms with E-state index >= 15 is 0 Å². The number of anilines is 2. The van der Waals surface area contributed by atoms with Gasteiger partial charge in [-0.05, 0) is 35.9 Å². The van der Waals surface area contributed by atoms with Crippen LogP contribution in [0.4, 0.5) is 11.4 Å². The van der Waals surface area contributed by atoms with E-state index in [4.69, 9.17) is 23.1 Å². The molecule has 0 spiro atoms. The molecule has 0 aromatic heterocycles. The number of nitrogen functional groups attached to an aromatic ring is 2. The Morgan fingerprint density at radius 2 is 1.62 bits per heavy atom. The Bertz CT molecular complexity index is 500. The van der Waals surface area contributed by atoms with Crippen molar-refractivity contribution in [1.82, 2.24) is 0 Å². The fourth-order valence-corrected chi connectivity index (χ4v) is 2.23. The number of hydrogen-bond donors (Lipinski definition) is 3. The van der Waals surface area contributed by atoms with E-state index in [9.17, 15) is 0 Å². The summed E-state index contributed by atoms with van der Waals surface area (Å²) in [6, 6.07) is 10.9. The summed E-state index contributed by atoms with van der Waals surface area (Å²) in [5, 5.41) is 0.616. The number of benzene rings is 2. The quantitative estimate of drug-likeness (QED) is 0.536. The monoisotopic (exact) mass is 250 g/mol. The summed E-state index contributed by atoms with van der Waals surface area (Å²) in [6.07, 6.45) is 0. The smallest absolute Gasteiger partial charge is 0.0423 e. The van der Waals surface area contributed by atoms with Gasteiger partial charge in [-0.25, -0.2) is 0 Å². The van der Waals surface area contributed by atoms with Crippen molar-refractivity contribution in [3.05, 3.63) is 41.4 Å². The lowest BCUT2D eigenvalue weighted by Crippen LogP contribution is -1.95. The van der Waals surface area contributed by atoms with Crippen LogP contribution in [0.25, 0.3) is 11.1 Å². The van der Waals surface area contributed by atoms with Gasteiger partial charge in [0.1, 0.15) is 0 Å². The molecule has 0 aliphatic carbocycles. The zero-order chi connectivity index (χ0) is 11.7. The zero-order valence-corrected chi connectivity index (χ0v) is 10.1. The zero-order valence-electron chi connectivity index (χ0n) is 8.44. The van der Waals surface area contributed by atoms with Gasteiger partial charge in [-0.3, -0.25) is 0 Å². The molecule has 0 aliphatic heterocycles. The van der Waals surface area contributed by atoms with Crippen LogP contribution in [-0.4, -0.2) is 0 Å². The van der Waals surface area contributed by atoms with Gasteiger partial charge in [0.25, 0.3) is 0 Å². The molecule has 2 nitrogen and oxygen atoms in total. The molecule has 16 heavy (non-hydrogen) atoms. The minimum absolute atomic E-state index is 0.616. The third kappa shape index (κ3) is 2.10. The molecule has 0 bridgehead atoms. The Kier molecular flexibility index (Phi) is 2.99.